The van der Waals surface area contributed by atoms with Gasteiger partial charge in [-0.2, -0.15) is 0 Å². The zero-order chi connectivity index (χ0) is 75.1. The number of hydrazine groups is 2. The summed E-state index contributed by atoms with van der Waals surface area (Å²) in [5.74, 6) is -7.65. The first kappa shape index (κ1) is 82.1. The van der Waals surface area contributed by atoms with Crippen molar-refractivity contribution >= 4 is 69.8 Å². The van der Waals surface area contributed by atoms with Crippen LogP contribution in [0.5, 0.6) is 0 Å². The Balaban J connectivity index is 1.07. The van der Waals surface area contributed by atoms with Crippen LogP contribution in [-0.2, 0) is 76.8 Å². The molecule has 4 aromatic carbocycles. The fraction of sp³-hybridized carbons (Fsp3) is 0.553. The molecule has 0 radical (unpaired) electrons. The number of methoxy groups -OCH3 is 2. The van der Waals surface area contributed by atoms with Crippen molar-refractivity contribution in [3.05, 3.63) is 131 Å². The van der Waals surface area contributed by atoms with Crippen LogP contribution >= 0.6 is 0 Å². The number of rotatable bonds is 40. The summed E-state index contributed by atoms with van der Waals surface area (Å²) in [6.07, 6.45) is -0.814. The summed E-state index contributed by atoms with van der Waals surface area (Å²) in [4.78, 5) is 144. The number of nitrogens with two attached hydrogens (primary N) is 1. The number of hydrogen-bond acceptors (Lipinski definition) is 18. The summed E-state index contributed by atoms with van der Waals surface area (Å²) in [6, 6.07) is 22.8. The van der Waals surface area contributed by atoms with Gasteiger partial charge in [0.2, 0.25) is 35.4 Å². The largest absolute Gasteiger partial charge is 0.481 e. The maximum Gasteiger partial charge on any atom is 0.410 e. The number of ketones is 2. The number of carboxylic acid groups (broad SMARTS) is 1. The van der Waals surface area contributed by atoms with Gasteiger partial charge in [-0.1, -0.05) is 152 Å². The number of carbonyl (C=O) groups is 10. The molecule has 2 aliphatic heterocycles. The van der Waals surface area contributed by atoms with E-state index in [1.807, 2.05) is 74.5 Å². The van der Waals surface area contributed by atoms with Crippen molar-refractivity contribution in [1.29, 1.82) is 0 Å². The first-order valence-electron chi connectivity index (χ1n) is 35.5. The van der Waals surface area contributed by atoms with E-state index in [9.17, 15) is 58.2 Å². The van der Waals surface area contributed by atoms with Gasteiger partial charge in [0.25, 0.3) is 0 Å². The highest BCUT2D eigenvalue weighted by atomic mass is 16.6. The van der Waals surface area contributed by atoms with Crippen molar-refractivity contribution < 1.29 is 72.4 Å². The van der Waals surface area contributed by atoms with Crippen LogP contribution in [0.4, 0.5) is 4.79 Å². The highest BCUT2D eigenvalue weighted by Crippen LogP contribution is 2.31. The summed E-state index contributed by atoms with van der Waals surface area (Å²) >= 11 is 0. The molecule has 26 heteroatoms. The first-order chi connectivity index (χ1) is 48.5. The number of likely N-dealkylation sites (tertiary alicyclic amines) is 1. The number of nitrogens with zero attached hydrogens (tertiary/aromatic N) is 4. The SMILES string of the molecule is CC[C@H](C)[C@@H]([C@@H](CC(=O)N1CCC[C@H]1[C@H](OC)[C@@H](C)C(=O)N[C@H](C)[C@@H](O)c1ccccc1)OC)N(C)C(=O)[C@@H](NC(=O)[C@H](C(C)C)N(C)C(=O)OCc1ccc(CC(=O)[C@H](CCN)NC(=O)[C@@H](CC(=O)[C@H](CCC(=O)O)NC(=O)CN2C=C(C)NN2)Cc2cccc3ccccc23)cc1)C(C)C. The molecule has 1 fully saturated rings. The van der Waals surface area contributed by atoms with Crippen molar-refractivity contribution in [2.75, 3.05) is 47.9 Å². The molecule has 10 N–H and O–H groups in total. The number of aliphatic hydroxyl groups excluding tert-OH is 1. The van der Waals surface area contributed by atoms with Crippen molar-refractivity contribution in [1.82, 2.24) is 51.9 Å². The molecule has 0 saturated carbocycles. The van der Waals surface area contributed by atoms with Gasteiger partial charge in [-0.05, 0) is 103 Å². The van der Waals surface area contributed by atoms with Crippen molar-refractivity contribution in [3.8, 4) is 0 Å². The molecule has 0 unspecified atom stereocenters. The van der Waals surface area contributed by atoms with Crippen molar-refractivity contribution in [2.24, 2.45) is 35.3 Å². The van der Waals surface area contributed by atoms with Gasteiger partial charge in [-0.3, -0.25) is 53.1 Å². The third-order valence-corrected chi connectivity index (χ3v) is 19.6. The normalized spacial score (nSPS) is 17.3. The number of allylic oxidation sites excluding steroid dienone is 1. The number of aliphatic carboxylic acids is 1. The Morgan fingerprint density at radius 3 is 2.00 bits per heavy atom. The third kappa shape index (κ3) is 22.8. The van der Waals surface area contributed by atoms with E-state index in [-0.39, 0.29) is 75.3 Å². The van der Waals surface area contributed by atoms with Crippen LogP contribution < -0.4 is 38.0 Å². The summed E-state index contributed by atoms with van der Waals surface area (Å²) in [5.41, 5.74) is 15.0. The van der Waals surface area contributed by atoms with E-state index in [1.165, 1.54) is 31.2 Å². The molecular weight excluding hydrogens is 1310 g/mol. The van der Waals surface area contributed by atoms with Crippen molar-refractivity contribution in [2.45, 2.75) is 194 Å². The monoisotopic (exact) mass is 1420 g/mol. The summed E-state index contributed by atoms with van der Waals surface area (Å²) in [5, 5.41) is 35.2. The molecule has 102 heavy (non-hydrogen) atoms. The minimum absolute atomic E-state index is 0.0296. The van der Waals surface area contributed by atoms with Crippen LogP contribution in [0.2, 0.25) is 0 Å². The number of likely N-dealkylation sites (N-methyl/N-ethyl adjacent to an activating group) is 2. The number of nitrogens with one attached hydrogen (secondary N) is 6. The second-order valence-electron chi connectivity index (χ2n) is 27.9. The zero-order valence-electron chi connectivity index (χ0n) is 61.4. The maximum absolute atomic E-state index is 14.9. The average Bonchev–Trinajstić information content (AvgIpc) is 1.57. The Morgan fingerprint density at radius 2 is 1.38 bits per heavy atom. The highest BCUT2D eigenvalue weighted by molar-refractivity contribution is 5.96. The van der Waals surface area contributed by atoms with Gasteiger partial charge in [0.15, 0.2) is 11.6 Å². The molecule has 558 valence electrons. The first-order valence-corrected chi connectivity index (χ1v) is 35.5. The standard InChI is InChI=1S/C76H109N11O15/c1-14-47(6)69(63(100-12)41-65(91)87-37-21-28-60(87)71(101-13)49(8)72(95)78-50(9)70(94)54-23-16-15-17-24-54)84(10)75(98)67(45(2)3)81-74(97)68(46(4)5)85(11)76(99)102-44-52-31-29-51(30-32-52)38-61(88)59(35-36-77)80-73(96)56(39-55-26-20-25-53-22-18-19-27-57(53)55)40-62(89)58(33-34-66(92)93)79-64(90)43-86-42-48(7)82-83-86/h15-20,22-27,29-32,42,45-47,49-50,56,58-60,63,67-71,82-83,94H,14,21,28,33-41,43-44,77H2,1-13H3,(H,78,95)(H,79,90)(H,80,96)(H,81,97)(H,92,93)/t47-,49+,50+,56+,58-,59-,60-,63+,67-,68-,69-,70+,71+/m0/s1. The molecule has 0 aliphatic carbocycles. The predicted octanol–water partition coefficient (Wildman–Crippen LogP) is 6.03. The molecule has 26 nitrogen and oxygen atoms in total. The fourth-order valence-electron chi connectivity index (χ4n) is 13.7. The smallest absolute Gasteiger partial charge is 0.410 e. The van der Waals surface area contributed by atoms with Gasteiger partial charge >= 0.3 is 12.1 Å². The number of ether oxygens (including phenoxy) is 3. The van der Waals surface area contributed by atoms with Gasteiger partial charge in [-0.15, -0.1) is 5.53 Å². The van der Waals surface area contributed by atoms with E-state index >= 15 is 0 Å². The second-order valence-corrected chi connectivity index (χ2v) is 27.9. The minimum Gasteiger partial charge on any atom is -0.481 e. The second kappa shape index (κ2) is 39.6. The number of fused-ring (bicyclic) bond motifs is 1. The number of aliphatic hydroxyl groups is 1. The highest BCUT2D eigenvalue weighted by Gasteiger charge is 2.44. The van der Waals surface area contributed by atoms with E-state index < -0.39 is 139 Å². The molecule has 6 rings (SSSR count). The Bertz CT molecular complexity index is 3510. The Labute approximate surface area is 599 Å². The molecule has 4 aromatic rings. The third-order valence-electron chi connectivity index (χ3n) is 19.6. The minimum atomic E-state index is -1.24. The van der Waals surface area contributed by atoms with Gasteiger partial charge in [-0.25, -0.2) is 4.79 Å². The quantitative estimate of drug-likeness (QED) is 0.0245. The summed E-state index contributed by atoms with van der Waals surface area (Å²) in [6.45, 7) is 16.4. The molecule has 0 spiro atoms. The Kier molecular flexibility index (Phi) is 31.9. The maximum atomic E-state index is 14.9. The lowest BCUT2D eigenvalue weighted by Crippen LogP contribution is -2.60. The topological polar surface area (TPSA) is 350 Å². The van der Waals surface area contributed by atoms with E-state index in [0.29, 0.717) is 42.5 Å². The summed E-state index contributed by atoms with van der Waals surface area (Å²) < 4.78 is 17.8. The Hall–Kier alpha value is -8.82. The van der Waals surface area contributed by atoms with Crippen LogP contribution in [0.15, 0.2) is 109 Å². The van der Waals surface area contributed by atoms with Gasteiger partial charge in [0, 0.05) is 71.9 Å². The molecule has 2 aliphatic rings. The van der Waals surface area contributed by atoms with Crippen LogP contribution in [0.1, 0.15) is 142 Å². The van der Waals surface area contributed by atoms with E-state index in [2.05, 4.69) is 32.2 Å². The number of hydrogen-bond donors (Lipinski definition) is 9. The van der Waals surface area contributed by atoms with E-state index in [4.69, 9.17) is 19.9 Å². The number of carboxylic acids is 1. The predicted molar refractivity (Wildman–Crippen MR) is 386 cm³/mol. The average molecular weight is 1420 g/mol. The molecule has 7 amide bonds. The molecular formula is C76H109N11O15. The fourth-order valence-corrected chi connectivity index (χ4v) is 13.7. The number of benzene rings is 4. The number of Topliss-reactive ketones (excluding diaryl/α,β-unsaturated/α-hetero) is 2. The van der Waals surface area contributed by atoms with Crippen LogP contribution in [-0.4, -0.2) is 191 Å². The zero-order valence-corrected chi connectivity index (χ0v) is 61.4. The number of carbonyl (C=O) groups excluding carboxylic acids is 9. The Morgan fingerprint density at radius 1 is 0.725 bits per heavy atom. The molecule has 0 aromatic heterocycles. The van der Waals surface area contributed by atoms with Gasteiger partial charge < -0.3 is 66.7 Å². The van der Waals surface area contributed by atoms with E-state index in [0.717, 1.165) is 22.0 Å². The van der Waals surface area contributed by atoms with Crippen LogP contribution in [0.25, 0.3) is 10.8 Å². The molecule has 1 saturated heterocycles. The molecule has 2 heterocycles. The molecule has 13 atom stereocenters. The van der Waals surface area contributed by atoms with Gasteiger partial charge in [0.05, 0.1) is 60.9 Å². The number of amides is 7. The lowest BCUT2D eigenvalue weighted by molar-refractivity contribution is -0.148. The van der Waals surface area contributed by atoms with Crippen molar-refractivity contribution in [3.63, 3.8) is 0 Å². The van der Waals surface area contributed by atoms with Gasteiger partial charge in [0.1, 0.15) is 25.2 Å². The molecule has 0 bridgehead atoms. The lowest BCUT2D eigenvalue weighted by Gasteiger charge is -2.41. The van der Waals surface area contributed by atoms with Crippen LogP contribution in [0, 0.1) is 29.6 Å². The van der Waals surface area contributed by atoms with Crippen LogP contribution in [0.3, 0.4) is 0 Å². The van der Waals surface area contributed by atoms with E-state index in [1.54, 1.807) is 108 Å². The summed E-state index contributed by atoms with van der Waals surface area (Å²) in [7, 11) is 6.10. The lowest BCUT2D eigenvalue weighted by atomic mass is 9.88.